The van der Waals surface area contributed by atoms with Crippen molar-refractivity contribution in [2.45, 2.75) is 5.09 Å². The van der Waals surface area contributed by atoms with Crippen molar-refractivity contribution in [2.24, 2.45) is 5.14 Å². The number of amides is 1. The van der Waals surface area contributed by atoms with E-state index >= 15 is 0 Å². The fraction of sp³-hybridized carbons (Fsp3) is 0. The second kappa shape index (κ2) is 4.59. The van der Waals surface area contributed by atoms with E-state index in [4.69, 9.17) is 9.56 Å². The van der Waals surface area contributed by atoms with Crippen LogP contribution in [-0.2, 0) is 10.0 Å². The van der Waals surface area contributed by atoms with Crippen molar-refractivity contribution >= 4 is 21.7 Å². The van der Waals surface area contributed by atoms with Crippen molar-refractivity contribution in [1.29, 1.82) is 0 Å². The van der Waals surface area contributed by atoms with Gasteiger partial charge in [0, 0.05) is 6.20 Å². The largest absolute Gasteiger partial charge is 0.438 e. The lowest BCUT2D eigenvalue weighted by atomic mass is 10.4. The molecule has 0 aliphatic rings. The number of carbonyl (C=O) groups is 1. The summed E-state index contributed by atoms with van der Waals surface area (Å²) in [5, 5.41) is 6.84. The van der Waals surface area contributed by atoms with E-state index in [-0.39, 0.29) is 5.76 Å². The highest BCUT2D eigenvalue weighted by Crippen LogP contribution is 2.13. The maximum absolute atomic E-state index is 11.7. The van der Waals surface area contributed by atoms with Gasteiger partial charge in [0.05, 0.1) is 0 Å². The number of nitrogens with two attached hydrogens (primary N) is 1. The van der Waals surface area contributed by atoms with Crippen molar-refractivity contribution < 1.29 is 17.6 Å². The molecule has 0 aliphatic carbocycles. The lowest BCUT2D eigenvalue weighted by Gasteiger charge is -2.00. The third kappa shape index (κ3) is 2.73. The average molecular weight is 267 g/mol. The summed E-state index contributed by atoms with van der Waals surface area (Å²) in [4.78, 5) is 15.6. The standard InChI is InChI=1S/C10H9N3O4S/c11-18(15,16)9-5-4-7(17-9)10(14)13-8-3-1-2-6-12-8/h1-6H,(H2,11,15,16)(H,12,13,14). The van der Waals surface area contributed by atoms with Gasteiger partial charge in [-0.15, -0.1) is 0 Å². The molecular formula is C10H9N3O4S. The summed E-state index contributed by atoms with van der Waals surface area (Å²) in [6, 6.07) is 7.31. The molecule has 0 atom stereocenters. The second-order valence-corrected chi connectivity index (χ2v) is 4.83. The molecule has 2 aromatic heterocycles. The van der Waals surface area contributed by atoms with Gasteiger partial charge in [0.25, 0.3) is 15.9 Å². The molecule has 0 unspecified atom stereocenters. The van der Waals surface area contributed by atoms with Crippen LogP contribution in [0.2, 0.25) is 0 Å². The van der Waals surface area contributed by atoms with E-state index in [1.54, 1.807) is 18.2 Å². The van der Waals surface area contributed by atoms with Gasteiger partial charge in [0.15, 0.2) is 5.76 Å². The van der Waals surface area contributed by atoms with Gasteiger partial charge in [0.1, 0.15) is 5.82 Å². The summed E-state index contributed by atoms with van der Waals surface area (Å²) in [5.41, 5.74) is 0. The van der Waals surface area contributed by atoms with E-state index in [0.29, 0.717) is 5.82 Å². The van der Waals surface area contributed by atoms with Crippen molar-refractivity contribution in [3.8, 4) is 0 Å². The zero-order valence-electron chi connectivity index (χ0n) is 9.03. The topological polar surface area (TPSA) is 115 Å². The number of nitrogens with zero attached hydrogens (tertiary/aromatic N) is 1. The van der Waals surface area contributed by atoms with Crippen molar-refractivity contribution in [3.05, 3.63) is 42.3 Å². The van der Waals surface area contributed by atoms with Crippen molar-refractivity contribution in [2.75, 3.05) is 5.32 Å². The Morgan fingerprint density at radius 2 is 2.06 bits per heavy atom. The average Bonchev–Trinajstić information content (AvgIpc) is 2.79. The Bertz CT molecular complexity index is 663. The van der Waals surface area contributed by atoms with Crippen molar-refractivity contribution in [1.82, 2.24) is 4.98 Å². The van der Waals surface area contributed by atoms with Crippen LogP contribution < -0.4 is 10.5 Å². The van der Waals surface area contributed by atoms with Gasteiger partial charge < -0.3 is 9.73 Å². The molecule has 94 valence electrons. The first-order valence-corrected chi connectivity index (χ1v) is 6.36. The molecule has 0 aromatic carbocycles. The van der Waals surface area contributed by atoms with Gasteiger partial charge in [-0.1, -0.05) is 6.07 Å². The highest BCUT2D eigenvalue weighted by Gasteiger charge is 2.17. The van der Waals surface area contributed by atoms with Crippen LogP contribution in [0, 0.1) is 0 Å². The fourth-order valence-electron chi connectivity index (χ4n) is 1.21. The summed E-state index contributed by atoms with van der Waals surface area (Å²) in [6.07, 6.45) is 1.51. The van der Waals surface area contributed by atoms with Gasteiger partial charge in [0.2, 0.25) is 5.09 Å². The quantitative estimate of drug-likeness (QED) is 0.843. The molecular weight excluding hydrogens is 258 g/mol. The van der Waals surface area contributed by atoms with E-state index in [2.05, 4.69) is 10.3 Å². The van der Waals surface area contributed by atoms with Gasteiger partial charge in [-0.05, 0) is 24.3 Å². The normalized spacial score (nSPS) is 11.2. The maximum atomic E-state index is 11.7. The fourth-order valence-corrected chi connectivity index (χ4v) is 1.67. The van der Waals surface area contributed by atoms with Crippen LogP contribution in [0.1, 0.15) is 10.6 Å². The minimum absolute atomic E-state index is 0.162. The molecule has 0 saturated carbocycles. The first-order chi connectivity index (χ1) is 8.47. The lowest BCUT2D eigenvalue weighted by molar-refractivity contribution is 0.0991. The molecule has 0 aliphatic heterocycles. The SMILES string of the molecule is NS(=O)(=O)c1ccc(C(=O)Nc2ccccn2)o1. The molecule has 0 bridgehead atoms. The number of pyridine rings is 1. The Kier molecular flexibility index (Phi) is 3.13. The number of furan rings is 1. The summed E-state index contributed by atoms with van der Waals surface area (Å²) in [7, 11) is -3.95. The Hall–Kier alpha value is -2.19. The minimum atomic E-state index is -3.95. The summed E-state index contributed by atoms with van der Waals surface area (Å²) >= 11 is 0. The van der Waals surface area contributed by atoms with Crippen LogP contribution in [-0.4, -0.2) is 19.3 Å². The molecule has 0 spiro atoms. The molecule has 7 nitrogen and oxygen atoms in total. The first kappa shape index (κ1) is 12.3. The van der Waals surface area contributed by atoms with Crippen LogP contribution in [0.25, 0.3) is 0 Å². The van der Waals surface area contributed by atoms with Crippen molar-refractivity contribution in [3.63, 3.8) is 0 Å². The number of nitrogens with one attached hydrogen (secondary N) is 1. The Morgan fingerprint density at radius 1 is 1.28 bits per heavy atom. The zero-order chi connectivity index (χ0) is 13.2. The van der Waals surface area contributed by atoms with Gasteiger partial charge in [-0.2, -0.15) is 0 Å². The van der Waals surface area contributed by atoms with E-state index in [9.17, 15) is 13.2 Å². The Balaban J connectivity index is 2.18. The second-order valence-electron chi connectivity index (χ2n) is 3.33. The van der Waals surface area contributed by atoms with Crippen LogP contribution >= 0.6 is 0 Å². The maximum Gasteiger partial charge on any atom is 0.292 e. The van der Waals surface area contributed by atoms with E-state index < -0.39 is 21.0 Å². The highest BCUT2D eigenvalue weighted by atomic mass is 32.2. The minimum Gasteiger partial charge on any atom is -0.438 e. The molecule has 8 heteroatoms. The van der Waals surface area contributed by atoms with Gasteiger partial charge in [-0.25, -0.2) is 18.5 Å². The van der Waals surface area contributed by atoms with Crippen LogP contribution in [0.15, 0.2) is 46.0 Å². The molecule has 2 heterocycles. The highest BCUT2D eigenvalue weighted by molar-refractivity contribution is 7.89. The molecule has 3 N–H and O–H groups in total. The molecule has 0 radical (unpaired) electrons. The molecule has 2 aromatic rings. The number of sulfonamides is 1. The van der Waals surface area contributed by atoms with Gasteiger partial charge >= 0.3 is 0 Å². The first-order valence-electron chi connectivity index (χ1n) is 4.82. The van der Waals surface area contributed by atoms with E-state index in [1.807, 2.05) is 0 Å². The predicted molar refractivity (Wildman–Crippen MR) is 62.3 cm³/mol. The smallest absolute Gasteiger partial charge is 0.292 e. The summed E-state index contributed by atoms with van der Waals surface area (Å²) in [5.74, 6) is -0.440. The molecule has 0 saturated heterocycles. The third-order valence-electron chi connectivity index (χ3n) is 1.99. The van der Waals surface area contributed by atoms with E-state index in [0.717, 1.165) is 6.07 Å². The lowest BCUT2D eigenvalue weighted by Crippen LogP contribution is -2.13. The number of aromatic nitrogens is 1. The monoisotopic (exact) mass is 267 g/mol. The Labute approximate surface area is 103 Å². The van der Waals surface area contributed by atoms with Crippen LogP contribution in [0.3, 0.4) is 0 Å². The number of carbonyl (C=O) groups excluding carboxylic acids is 1. The molecule has 18 heavy (non-hydrogen) atoms. The number of primary sulfonamides is 1. The van der Waals surface area contributed by atoms with Crippen LogP contribution in [0.4, 0.5) is 5.82 Å². The van der Waals surface area contributed by atoms with Gasteiger partial charge in [-0.3, -0.25) is 4.79 Å². The predicted octanol–water partition coefficient (Wildman–Crippen LogP) is 0.574. The Morgan fingerprint density at radius 3 is 2.61 bits per heavy atom. The number of anilines is 1. The summed E-state index contributed by atoms with van der Waals surface area (Å²) in [6.45, 7) is 0. The number of hydrogen-bond acceptors (Lipinski definition) is 5. The molecule has 1 amide bonds. The van der Waals surface area contributed by atoms with Crippen LogP contribution in [0.5, 0.6) is 0 Å². The molecule has 0 fully saturated rings. The number of rotatable bonds is 3. The summed E-state index contributed by atoms with van der Waals surface area (Å²) < 4.78 is 26.8. The van der Waals surface area contributed by atoms with E-state index in [1.165, 1.54) is 12.3 Å². The third-order valence-corrected chi connectivity index (χ3v) is 2.77. The zero-order valence-corrected chi connectivity index (χ0v) is 9.85. The number of hydrogen-bond donors (Lipinski definition) is 2. The molecule has 2 rings (SSSR count).